The van der Waals surface area contributed by atoms with E-state index in [0.717, 1.165) is 25.6 Å². The van der Waals surface area contributed by atoms with Gasteiger partial charge < -0.3 is 4.90 Å². The lowest BCUT2D eigenvalue weighted by Crippen LogP contribution is -2.61. The van der Waals surface area contributed by atoms with E-state index in [2.05, 4.69) is 21.1 Å². The van der Waals surface area contributed by atoms with Gasteiger partial charge in [0.05, 0.1) is 4.90 Å². The molecule has 6 nitrogen and oxygen atoms in total. The molecule has 9 heteroatoms. The fourth-order valence-electron chi connectivity index (χ4n) is 4.18. The maximum Gasteiger partial charge on any atom is 0.261 e. The SMILES string of the molecule is O=C(c1cccc(NS(=O)(=O)c2cccc(F)c2)c1)N1CC(N2CCc3sccc3C2)C1. The number of fused-ring (bicyclic) bond motifs is 1. The molecule has 3 aromatic rings. The van der Waals surface area contributed by atoms with Crippen LogP contribution < -0.4 is 4.72 Å². The van der Waals surface area contributed by atoms with Crippen molar-refractivity contribution in [1.29, 1.82) is 0 Å². The molecule has 1 N–H and O–H groups in total. The minimum Gasteiger partial charge on any atom is -0.335 e. The fraction of sp³-hybridized carbons (Fsp3) is 0.261. The summed E-state index contributed by atoms with van der Waals surface area (Å²) in [5.41, 5.74) is 2.07. The monoisotopic (exact) mass is 471 g/mol. The number of hydrogen-bond donors (Lipinski definition) is 1. The third-order valence-corrected chi connectivity index (χ3v) is 8.37. The van der Waals surface area contributed by atoms with Gasteiger partial charge in [0.25, 0.3) is 15.9 Å². The molecular weight excluding hydrogens is 449 g/mol. The molecule has 5 rings (SSSR count). The van der Waals surface area contributed by atoms with E-state index >= 15 is 0 Å². The van der Waals surface area contributed by atoms with Crippen LogP contribution in [0.1, 0.15) is 20.8 Å². The summed E-state index contributed by atoms with van der Waals surface area (Å²) < 4.78 is 40.9. The number of carbonyl (C=O) groups is 1. The van der Waals surface area contributed by atoms with Gasteiger partial charge in [0, 0.05) is 48.3 Å². The lowest BCUT2D eigenvalue weighted by molar-refractivity contribution is 0.0221. The topological polar surface area (TPSA) is 69.7 Å². The minimum absolute atomic E-state index is 0.124. The Kier molecular flexibility index (Phi) is 5.48. The molecule has 1 fully saturated rings. The van der Waals surface area contributed by atoms with Gasteiger partial charge in [0.15, 0.2) is 0 Å². The highest BCUT2D eigenvalue weighted by Crippen LogP contribution is 2.28. The lowest BCUT2D eigenvalue weighted by Gasteiger charge is -2.46. The molecule has 32 heavy (non-hydrogen) atoms. The van der Waals surface area contributed by atoms with Crippen molar-refractivity contribution in [2.24, 2.45) is 0 Å². The molecule has 3 heterocycles. The van der Waals surface area contributed by atoms with Crippen molar-refractivity contribution in [2.45, 2.75) is 23.9 Å². The van der Waals surface area contributed by atoms with Crippen LogP contribution in [0.4, 0.5) is 10.1 Å². The summed E-state index contributed by atoms with van der Waals surface area (Å²) in [7, 11) is -3.95. The highest BCUT2D eigenvalue weighted by Gasteiger charge is 2.36. The number of rotatable bonds is 5. The van der Waals surface area contributed by atoms with Crippen molar-refractivity contribution < 1.29 is 17.6 Å². The molecule has 166 valence electrons. The molecule has 1 aromatic heterocycles. The number of hydrogen-bond acceptors (Lipinski definition) is 5. The first-order valence-corrected chi connectivity index (χ1v) is 12.7. The predicted octanol–water partition coefficient (Wildman–Crippen LogP) is 3.57. The van der Waals surface area contributed by atoms with Crippen molar-refractivity contribution in [3.8, 4) is 0 Å². The summed E-state index contributed by atoms with van der Waals surface area (Å²) in [4.78, 5) is 18.4. The highest BCUT2D eigenvalue weighted by molar-refractivity contribution is 7.92. The van der Waals surface area contributed by atoms with E-state index in [0.29, 0.717) is 24.7 Å². The average molecular weight is 472 g/mol. The summed E-state index contributed by atoms with van der Waals surface area (Å²) in [6, 6.07) is 13.7. The van der Waals surface area contributed by atoms with Gasteiger partial charge in [0.1, 0.15) is 5.82 Å². The maximum absolute atomic E-state index is 13.4. The molecule has 1 amide bonds. The van der Waals surface area contributed by atoms with Crippen LogP contribution in [0.3, 0.4) is 0 Å². The Hall–Kier alpha value is -2.75. The molecule has 1 saturated heterocycles. The molecule has 0 saturated carbocycles. The number of sulfonamides is 1. The van der Waals surface area contributed by atoms with Crippen molar-refractivity contribution in [3.05, 3.63) is 81.8 Å². The largest absolute Gasteiger partial charge is 0.335 e. The second-order valence-corrected chi connectivity index (χ2v) is 10.8. The summed E-state index contributed by atoms with van der Waals surface area (Å²) in [6.45, 7) is 3.27. The third-order valence-electron chi connectivity index (χ3n) is 5.97. The normalized spacial score (nSPS) is 17.0. The van der Waals surface area contributed by atoms with Gasteiger partial charge >= 0.3 is 0 Å². The van der Waals surface area contributed by atoms with Crippen molar-refractivity contribution in [2.75, 3.05) is 24.4 Å². The van der Waals surface area contributed by atoms with Crippen molar-refractivity contribution in [1.82, 2.24) is 9.80 Å². The zero-order valence-electron chi connectivity index (χ0n) is 17.2. The third kappa shape index (κ3) is 4.15. The number of carbonyl (C=O) groups excluding carboxylic acids is 1. The van der Waals surface area contributed by atoms with Crippen LogP contribution in [0.5, 0.6) is 0 Å². The van der Waals surface area contributed by atoms with E-state index in [1.807, 2.05) is 11.3 Å². The Bertz CT molecular complexity index is 1270. The second-order valence-electron chi connectivity index (χ2n) is 8.10. The van der Waals surface area contributed by atoms with Crippen LogP contribution in [0.15, 0.2) is 64.9 Å². The summed E-state index contributed by atoms with van der Waals surface area (Å²) in [5, 5.41) is 2.14. The lowest BCUT2D eigenvalue weighted by atomic mass is 10.0. The van der Waals surface area contributed by atoms with Gasteiger partial charge in [-0.25, -0.2) is 12.8 Å². The summed E-state index contributed by atoms with van der Waals surface area (Å²) in [6.07, 6.45) is 1.06. The van der Waals surface area contributed by atoms with Crippen LogP contribution in [-0.4, -0.2) is 49.8 Å². The molecule has 0 bridgehead atoms. The Morgan fingerprint density at radius 1 is 1.09 bits per heavy atom. The molecule has 0 unspecified atom stereocenters. The highest BCUT2D eigenvalue weighted by atomic mass is 32.2. The van der Waals surface area contributed by atoms with Crippen LogP contribution >= 0.6 is 11.3 Å². The van der Waals surface area contributed by atoms with E-state index in [9.17, 15) is 17.6 Å². The number of nitrogens with one attached hydrogen (secondary N) is 1. The maximum atomic E-state index is 13.4. The quantitative estimate of drug-likeness (QED) is 0.618. The summed E-state index contributed by atoms with van der Waals surface area (Å²) >= 11 is 1.81. The Balaban J connectivity index is 1.23. The van der Waals surface area contributed by atoms with Gasteiger partial charge in [-0.15, -0.1) is 11.3 Å². The van der Waals surface area contributed by atoms with Crippen LogP contribution in [0.25, 0.3) is 0 Å². The Morgan fingerprint density at radius 2 is 1.91 bits per heavy atom. The van der Waals surface area contributed by atoms with Gasteiger partial charge in [-0.2, -0.15) is 0 Å². The van der Waals surface area contributed by atoms with Gasteiger partial charge in [-0.3, -0.25) is 14.4 Å². The Labute approximate surface area is 190 Å². The predicted molar refractivity (Wildman–Crippen MR) is 122 cm³/mol. The number of benzene rings is 2. The molecule has 0 radical (unpaired) electrons. The zero-order valence-corrected chi connectivity index (χ0v) is 18.8. The number of anilines is 1. The molecule has 2 aliphatic heterocycles. The fourth-order valence-corrected chi connectivity index (χ4v) is 6.15. The minimum atomic E-state index is -3.95. The number of likely N-dealkylation sites (tertiary alicyclic amines) is 1. The molecule has 2 aliphatic rings. The molecule has 0 spiro atoms. The van der Waals surface area contributed by atoms with E-state index in [1.54, 1.807) is 23.1 Å². The van der Waals surface area contributed by atoms with E-state index in [1.165, 1.54) is 34.7 Å². The first-order valence-electron chi connectivity index (χ1n) is 10.4. The van der Waals surface area contributed by atoms with E-state index < -0.39 is 15.8 Å². The van der Waals surface area contributed by atoms with Crippen LogP contribution in [0.2, 0.25) is 0 Å². The zero-order chi connectivity index (χ0) is 22.3. The smallest absolute Gasteiger partial charge is 0.261 e. The molecule has 0 aliphatic carbocycles. The number of amides is 1. The van der Waals surface area contributed by atoms with E-state index in [4.69, 9.17) is 0 Å². The molecular formula is C23H22FN3O3S2. The standard InChI is InChI=1S/C23H22FN3O3S2/c24-18-4-2-6-21(12-18)32(29,30)25-19-5-1-3-16(11-19)23(28)27-14-20(15-27)26-9-7-22-17(13-26)8-10-31-22/h1-6,8,10-12,20,25H,7,9,13-15H2. The van der Waals surface area contributed by atoms with Gasteiger partial charge in [-0.05, 0) is 59.8 Å². The number of nitrogens with zero attached hydrogens (tertiary/aromatic N) is 2. The van der Waals surface area contributed by atoms with E-state index in [-0.39, 0.29) is 16.5 Å². The first-order chi connectivity index (χ1) is 15.4. The van der Waals surface area contributed by atoms with Crippen molar-refractivity contribution >= 4 is 33.0 Å². The molecule has 2 aromatic carbocycles. The summed E-state index contributed by atoms with van der Waals surface area (Å²) in [5.74, 6) is -0.755. The molecule has 0 atom stereocenters. The van der Waals surface area contributed by atoms with Gasteiger partial charge in [-0.1, -0.05) is 12.1 Å². The van der Waals surface area contributed by atoms with Gasteiger partial charge in [0.2, 0.25) is 0 Å². The van der Waals surface area contributed by atoms with Crippen molar-refractivity contribution in [3.63, 3.8) is 0 Å². The second kappa shape index (κ2) is 8.31. The Morgan fingerprint density at radius 3 is 2.72 bits per heavy atom. The number of halogens is 1. The van der Waals surface area contributed by atoms with Crippen LogP contribution in [-0.2, 0) is 23.0 Å². The first kappa shape index (κ1) is 21.1. The van der Waals surface area contributed by atoms with Crippen LogP contribution in [0, 0.1) is 5.82 Å². The average Bonchev–Trinajstić information content (AvgIpc) is 3.20. The number of thiophene rings is 1.